The molecule has 0 saturated heterocycles. The van der Waals surface area contributed by atoms with E-state index >= 15 is 0 Å². The molecule has 0 unspecified atom stereocenters. The lowest BCUT2D eigenvalue weighted by atomic mass is 9.77. The van der Waals surface area contributed by atoms with E-state index < -0.39 is 20.3 Å². The number of nitrogens with two attached hydrogens (primary N) is 1. The van der Waals surface area contributed by atoms with E-state index in [1.54, 1.807) is 0 Å². The minimum atomic E-state index is -3.62. The van der Waals surface area contributed by atoms with Crippen molar-refractivity contribution >= 4 is 27.9 Å². The largest absolute Gasteiger partial charge is 0.334 e. The van der Waals surface area contributed by atoms with Crippen LogP contribution in [0.15, 0.2) is 27.6 Å². The van der Waals surface area contributed by atoms with Crippen LogP contribution in [0.3, 0.4) is 0 Å². The molecule has 11 heteroatoms. The zero-order chi connectivity index (χ0) is 16.8. The summed E-state index contributed by atoms with van der Waals surface area (Å²) in [6, 6.07) is 3.45. The highest BCUT2D eigenvalue weighted by Crippen LogP contribution is 2.38. The Balaban J connectivity index is 0.00000208. The van der Waals surface area contributed by atoms with E-state index in [-0.39, 0.29) is 34.4 Å². The van der Waals surface area contributed by atoms with Crippen molar-refractivity contribution in [1.82, 2.24) is 10.1 Å². The van der Waals surface area contributed by atoms with Crippen LogP contribution in [0.1, 0.15) is 25.1 Å². The molecule has 0 radical (unpaired) electrons. The van der Waals surface area contributed by atoms with E-state index in [9.17, 15) is 18.5 Å². The average molecular weight is 375 g/mol. The van der Waals surface area contributed by atoms with Gasteiger partial charge in [0.15, 0.2) is 15.7 Å². The fourth-order valence-electron chi connectivity index (χ4n) is 2.35. The summed E-state index contributed by atoms with van der Waals surface area (Å²) in [5, 5.41) is 14.8. The van der Waals surface area contributed by atoms with Crippen LogP contribution >= 0.6 is 12.4 Å². The maximum atomic E-state index is 11.7. The standard InChI is InChI=1S/C13H14N4O5S.ClH/c1-23(20,21)10-6-8(5-9(7-10)17(18)19)11-15-12(16-22-11)13(14)3-2-4-13;/h5-7H,2-4,14H2,1H3;1H. The van der Waals surface area contributed by atoms with Gasteiger partial charge < -0.3 is 10.3 Å². The van der Waals surface area contributed by atoms with Crippen LogP contribution in [0.5, 0.6) is 0 Å². The van der Waals surface area contributed by atoms with Crippen LogP contribution in [-0.2, 0) is 15.4 Å². The molecule has 24 heavy (non-hydrogen) atoms. The maximum Gasteiger partial charge on any atom is 0.271 e. The molecule has 1 aliphatic carbocycles. The number of sulfone groups is 1. The molecule has 1 heterocycles. The van der Waals surface area contributed by atoms with Gasteiger partial charge in [0, 0.05) is 24.0 Å². The fourth-order valence-corrected chi connectivity index (χ4v) is 3.03. The van der Waals surface area contributed by atoms with Gasteiger partial charge in [-0.3, -0.25) is 10.1 Å². The van der Waals surface area contributed by atoms with Crippen molar-refractivity contribution in [1.29, 1.82) is 0 Å². The average Bonchev–Trinajstić information content (AvgIpc) is 2.93. The Morgan fingerprint density at radius 1 is 1.33 bits per heavy atom. The molecule has 2 aromatic rings. The molecular weight excluding hydrogens is 360 g/mol. The van der Waals surface area contributed by atoms with Crippen LogP contribution in [0, 0.1) is 10.1 Å². The van der Waals surface area contributed by atoms with Crippen LogP contribution < -0.4 is 5.73 Å². The predicted molar refractivity (Wildman–Crippen MR) is 86.5 cm³/mol. The van der Waals surface area contributed by atoms with E-state index in [2.05, 4.69) is 10.1 Å². The number of hydrogen-bond acceptors (Lipinski definition) is 8. The Bertz CT molecular complexity index is 892. The number of nitro groups is 1. The molecule has 2 N–H and O–H groups in total. The monoisotopic (exact) mass is 374 g/mol. The number of halogens is 1. The quantitative estimate of drug-likeness (QED) is 0.630. The summed E-state index contributed by atoms with van der Waals surface area (Å²) < 4.78 is 28.5. The minimum absolute atomic E-state index is 0. The predicted octanol–water partition coefficient (Wildman–Crippen LogP) is 1.81. The zero-order valence-corrected chi connectivity index (χ0v) is 14.3. The third-order valence-corrected chi connectivity index (χ3v) is 4.99. The Kier molecular flexibility index (Phi) is 4.66. The first-order valence-corrected chi connectivity index (χ1v) is 8.71. The van der Waals surface area contributed by atoms with E-state index in [1.165, 1.54) is 12.1 Å². The lowest BCUT2D eigenvalue weighted by molar-refractivity contribution is -0.385. The summed E-state index contributed by atoms with van der Waals surface area (Å²) in [5.41, 5.74) is 5.27. The van der Waals surface area contributed by atoms with Gasteiger partial charge in [-0.1, -0.05) is 5.16 Å². The van der Waals surface area contributed by atoms with Crippen molar-refractivity contribution in [3.8, 4) is 11.5 Å². The summed E-state index contributed by atoms with van der Waals surface area (Å²) in [4.78, 5) is 14.3. The smallest absolute Gasteiger partial charge is 0.271 e. The number of nitro benzene ring substituents is 1. The molecule has 0 amide bonds. The van der Waals surface area contributed by atoms with E-state index in [0.29, 0.717) is 5.82 Å². The minimum Gasteiger partial charge on any atom is -0.334 e. The molecule has 0 atom stereocenters. The van der Waals surface area contributed by atoms with Gasteiger partial charge in [0.25, 0.3) is 11.6 Å². The lowest BCUT2D eigenvalue weighted by Crippen LogP contribution is -2.44. The Morgan fingerprint density at radius 2 is 2.00 bits per heavy atom. The van der Waals surface area contributed by atoms with Gasteiger partial charge in [-0.05, 0) is 25.3 Å². The first-order valence-electron chi connectivity index (χ1n) is 6.82. The Hall–Kier alpha value is -2.04. The van der Waals surface area contributed by atoms with E-state index in [0.717, 1.165) is 31.6 Å². The molecule has 1 aromatic heterocycles. The first-order chi connectivity index (χ1) is 10.7. The van der Waals surface area contributed by atoms with E-state index in [4.69, 9.17) is 10.3 Å². The molecule has 0 bridgehead atoms. The summed E-state index contributed by atoms with van der Waals surface area (Å²) in [6.07, 6.45) is 3.40. The van der Waals surface area contributed by atoms with Gasteiger partial charge in [-0.15, -0.1) is 12.4 Å². The molecule has 1 aliphatic rings. The van der Waals surface area contributed by atoms with Crippen molar-refractivity contribution in [2.24, 2.45) is 5.73 Å². The van der Waals surface area contributed by atoms with Crippen molar-refractivity contribution in [2.75, 3.05) is 6.26 Å². The number of hydrogen-bond donors (Lipinski definition) is 1. The lowest BCUT2D eigenvalue weighted by Gasteiger charge is -2.34. The summed E-state index contributed by atoms with van der Waals surface area (Å²) in [7, 11) is -3.62. The summed E-state index contributed by atoms with van der Waals surface area (Å²) in [5.74, 6) is 0.330. The van der Waals surface area contributed by atoms with Gasteiger partial charge in [-0.2, -0.15) is 4.98 Å². The second-order valence-corrected chi connectivity index (χ2v) is 7.69. The van der Waals surface area contributed by atoms with Crippen molar-refractivity contribution in [3.05, 3.63) is 34.1 Å². The molecule has 0 aliphatic heterocycles. The van der Waals surface area contributed by atoms with Gasteiger partial charge in [-0.25, -0.2) is 8.42 Å². The normalized spacial score (nSPS) is 16.1. The molecule has 0 spiro atoms. The summed E-state index contributed by atoms with van der Waals surface area (Å²) >= 11 is 0. The van der Waals surface area contributed by atoms with Gasteiger partial charge in [0.1, 0.15) is 0 Å². The van der Waals surface area contributed by atoms with E-state index in [1.807, 2.05) is 0 Å². The highest BCUT2D eigenvalue weighted by Gasteiger charge is 2.39. The topological polar surface area (TPSA) is 142 Å². The van der Waals surface area contributed by atoms with Crippen LogP contribution in [0.4, 0.5) is 5.69 Å². The molecule has 1 fully saturated rings. The molecule has 1 aromatic carbocycles. The third kappa shape index (κ3) is 3.25. The van der Waals surface area contributed by atoms with Crippen LogP contribution in [-0.4, -0.2) is 29.7 Å². The van der Waals surface area contributed by atoms with Crippen LogP contribution in [0.2, 0.25) is 0 Å². The molecular formula is C13H15ClN4O5S. The molecule has 130 valence electrons. The molecule has 1 saturated carbocycles. The number of non-ortho nitro benzene ring substituents is 1. The second-order valence-electron chi connectivity index (χ2n) is 5.68. The van der Waals surface area contributed by atoms with Gasteiger partial charge in [0.05, 0.1) is 15.4 Å². The fraction of sp³-hybridized carbons (Fsp3) is 0.385. The van der Waals surface area contributed by atoms with Crippen molar-refractivity contribution in [2.45, 2.75) is 29.7 Å². The highest BCUT2D eigenvalue weighted by atomic mass is 35.5. The number of aromatic nitrogens is 2. The zero-order valence-electron chi connectivity index (χ0n) is 12.6. The van der Waals surface area contributed by atoms with Gasteiger partial charge in [0.2, 0.25) is 0 Å². The second kappa shape index (κ2) is 6.11. The van der Waals surface area contributed by atoms with Crippen LogP contribution in [0.25, 0.3) is 11.5 Å². The SMILES string of the molecule is CS(=O)(=O)c1cc(-c2nc(C3(N)CCC3)no2)cc([N+](=O)[O-])c1.Cl. The number of rotatable bonds is 4. The first kappa shape index (κ1) is 18.3. The maximum absolute atomic E-state index is 11.7. The Morgan fingerprint density at radius 3 is 2.50 bits per heavy atom. The summed E-state index contributed by atoms with van der Waals surface area (Å²) in [6.45, 7) is 0. The Labute approximate surface area is 143 Å². The van der Waals surface area contributed by atoms with Crippen molar-refractivity contribution < 1.29 is 17.9 Å². The molecule has 3 rings (SSSR count). The van der Waals surface area contributed by atoms with Gasteiger partial charge >= 0.3 is 0 Å². The third-order valence-electron chi connectivity index (χ3n) is 3.89. The number of benzene rings is 1. The highest BCUT2D eigenvalue weighted by molar-refractivity contribution is 7.90. The molecule has 9 nitrogen and oxygen atoms in total. The van der Waals surface area contributed by atoms with Crippen molar-refractivity contribution in [3.63, 3.8) is 0 Å². The number of nitrogens with zero attached hydrogens (tertiary/aromatic N) is 3.